The largest absolute Gasteiger partial charge is 0.497 e. The van der Waals surface area contributed by atoms with Gasteiger partial charge >= 0.3 is 0 Å². The number of fused-ring (bicyclic) bond motifs is 1. The highest BCUT2D eigenvalue weighted by molar-refractivity contribution is 7.14. The molecule has 1 unspecified atom stereocenters. The lowest BCUT2D eigenvalue weighted by Gasteiger charge is -2.16. The highest BCUT2D eigenvalue weighted by Crippen LogP contribution is 2.33. The summed E-state index contributed by atoms with van der Waals surface area (Å²) in [6.45, 7) is 1.69. The van der Waals surface area contributed by atoms with E-state index in [1.54, 1.807) is 18.4 Å². The van der Waals surface area contributed by atoms with E-state index >= 15 is 0 Å². The highest BCUT2D eigenvalue weighted by Gasteiger charge is 2.29. The smallest absolute Gasteiger partial charge is 0.263 e. The zero-order valence-corrected chi connectivity index (χ0v) is 14.9. The van der Waals surface area contributed by atoms with Crippen LogP contribution in [0.4, 0.5) is 0 Å². The Morgan fingerprint density at radius 1 is 1.21 bits per heavy atom. The van der Waals surface area contributed by atoms with Crippen molar-refractivity contribution in [2.75, 3.05) is 20.2 Å². The van der Waals surface area contributed by atoms with E-state index < -0.39 is 0 Å². The third kappa shape index (κ3) is 2.95. The molecule has 1 amide bonds. The van der Waals surface area contributed by atoms with Crippen LogP contribution in [0.15, 0.2) is 30.3 Å². The van der Waals surface area contributed by atoms with Crippen LogP contribution >= 0.6 is 11.3 Å². The number of carbonyl (C=O) groups is 1. The Hall–Kier alpha value is -1.81. The monoisotopic (exact) mass is 341 g/mol. The van der Waals surface area contributed by atoms with E-state index in [-0.39, 0.29) is 5.91 Å². The van der Waals surface area contributed by atoms with Crippen molar-refractivity contribution in [2.24, 2.45) is 0 Å². The number of amides is 1. The standard InChI is InChI=1S/C20H23NO2S/c1-23-17-8-6-14(7-9-17)16-10-11-21(13-16)20(22)19-12-15-4-2-3-5-18(15)24-19/h6-9,12,16H,2-5,10-11,13H2,1H3. The summed E-state index contributed by atoms with van der Waals surface area (Å²) in [5.41, 5.74) is 2.72. The van der Waals surface area contributed by atoms with Crippen molar-refractivity contribution < 1.29 is 9.53 Å². The van der Waals surface area contributed by atoms with Crippen LogP contribution in [-0.2, 0) is 12.8 Å². The molecule has 3 nitrogen and oxygen atoms in total. The molecule has 1 aromatic heterocycles. The van der Waals surface area contributed by atoms with Crippen molar-refractivity contribution in [1.82, 2.24) is 4.90 Å². The minimum absolute atomic E-state index is 0.227. The Morgan fingerprint density at radius 3 is 2.75 bits per heavy atom. The first-order valence-corrected chi connectivity index (χ1v) is 9.61. The van der Waals surface area contributed by atoms with Gasteiger partial charge in [-0.05, 0) is 61.4 Å². The third-order valence-electron chi connectivity index (χ3n) is 5.27. The number of likely N-dealkylation sites (tertiary alicyclic amines) is 1. The van der Waals surface area contributed by atoms with Crippen LogP contribution in [0.5, 0.6) is 5.75 Å². The first-order valence-electron chi connectivity index (χ1n) is 8.79. The van der Waals surface area contributed by atoms with Gasteiger partial charge in [0.1, 0.15) is 5.75 Å². The van der Waals surface area contributed by atoms with Crippen molar-refractivity contribution in [3.63, 3.8) is 0 Å². The summed E-state index contributed by atoms with van der Waals surface area (Å²) in [5.74, 6) is 1.55. The van der Waals surface area contributed by atoms with Crippen LogP contribution in [0.3, 0.4) is 0 Å². The van der Waals surface area contributed by atoms with E-state index in [1.165, 1.54) is 28.8 Å². The first kappa shape index (κ1) is 15.7. The van der Waals surface area contributed by atoms with E-state index in [4.69, 9.17) is 4.74 Å². The molecule has 2 aromatic rings. The Labute approximate surface area is 147 Å². The number of hydrogen-bond donors (Lipinski definition) is 0. The Morgan fingerprint density at radius 2 is 2.00 bits per heavy atom. The lowest BCUT2D eigenvalue weighted by atomic mass is 9.98. The number of carbonyl (C=O) groups excluding carboxylic acids is 1. The van der Waals surface area contributed by atoms with Gasteiger partial charge in [0.15, 0.2) is 0 Å². The maximum atomic E-state index is 12.9. The molecule has 1 aromatic carbocycles. The van der Waals surface area contributed by atoms with Gasteiger partial charge in [0.05, 0.1) is 12.0 Å². The number of aryl methyl sites for hydroxylation is 2. The molecular formula is C20H23NO2S. The number of hydrogen-bond acceptors (Lipinski definition) is 3. The first-order chi connectivity index (χ1) is 11.7. The Bertz CT molecular complexity index is 711. The van der Waals surface area contributed by atoms with Gasteiger partial charge in [-0.3, -0.25) is 4.79 Å². The molecule has 0 bridgehead atoms. The second kappa shape index (κ2) is 6.60. The summed E-state index contributed by atoms with van der Waals surface area (Å²) in [5, 5.41) is 0. The SMILES string of the molecule is COc1ccc(C2CCN(C(=O)c3cc4c(s3)CCCC4)C2)cc1. The molecule has 2 aliphatic rings. The normalized spacial score (nSPS) is 20.0. The summed E-state index contributed by atoms with van der Waals surface area (Å²) in [4.78, 5) is 17.3. The molecule has 2 heterocycles. The van der Waals surface area contributed by atoms with Crippen LogP contribution in [0.1, 0.15) is 50.9 Å². The molecular weight excluding hydrogens is 318 g/mol. The van der Waals surface area contributed by atoms with Crippen molar-refractivity contribution in [2.45, 2.75) is 38.0 Å². The molecule has 0 saturated carbocycles. The molecule has 1 aliphatic heterocycles. The maximum absolute atomic E-state index is 12.9. The van der Waals surface area contributed by atoms with E-state index in [1.807, 2.05) is 17.0 Å². The second-order valence-corrected chi connectivity index (χ2v) is 7.91. The van der Waals surface area contributed by atoms with E-state index in [9.17, 15) is 4.79 Å². The molecule has 1 saturated heterocycles. The van der Waals surface area contributed by atoms with Gasteiger partial charge in [-0.1, -0.05) is 12.1 Å². The van der Waals surface area contributed by atoms with Crippen LogP contribution < -0.4 is 4.74 Å². The van der Waals surface area contributed by atoms with E-state index in [2.05, 4.69) is 18.2 Å². The number of methoxy groups -OCH3 is 1. The van der Waals surface area contributed by atoms with Crippen LogP contribution in [0.2, 0.25) is 0 Å². The molecule has 0 spiro atoms. The van der Waals surface area contributed by atoms with Crippen LogP contribution in [0.25, 0.3) is 0 Å². The average Bonchev–Trinajstić information content (AvgIpc) is 3.28. The predicted octanol–water partition coefficient (Wildman–Crippen LogP) is 4.27. The summed E-state index contributed by atoms with van der Waals surface area (Å²) in [6.07, 6.45) is 5.88. The zero-order valence-electron chi connectivity index (χ0n) is 14.1. The molecule has 0 N–H and O–H groups in total. The highest BCUT2D eigenvalue weighted by atomic mass is 32.1. The van der Waals surface area contributed by atoms with Gasteiger partial charge in [0.25, 0.3) is 5.91 Å². The molecule has 4 rings (SSSR count). The number of thiophene rings is 1. The predicted molar refractivity (Wildman–Crippen MR) is 97.2 cm³/mol. The quantitative estimate of drug-likeness (QED) is 0.834. The van der Waals surface area contributed by atoms with Gasteiger partial charge in [0.2, 0.25) is 0 Å². The fraction of sp³-hybridized carbons (Fsp3) is 0.450. The minimum Gasteiger partial charge on any atom is -0.497 e. The van der Waals surface area contributed by atoms with E-state index in [0.717, 1.165) is 43.0 Å². The second-order valence-electron chi connectivity index (χ2n) is 6.78. The number of benzene rings is 1. The fourth-order valence-electron chi connectivity index (χ4n) is 3.84. The molecule has 24 heavy (non-hydrogen) atoms. The van der Waals surface area contributed by atoms with Crippen molar-refractivity contribution in [3.8, 4) is 5.75 Å². The molecule has 0 radical (unpaired) electrons. The molecule has 1 fully saturated rings. The molecule has 1 atom stereocenters. The minimum atomic E-state index is 0.227. The summed E-state index contributed by atoms with van der Waals surface area (Å²) < 4.78 is 5.23. The average molecular weight is 341 g/mol. The Balaban J connectivity index is 1.45. The lowest BCUT2D eigenvalue weighted by Crippen LogP contribution is -2.27. The molecule has 1 aliphatic carbocycles. The van der Waals surface area contributed by atoms with Gasteiger partial charge < -0.3 is 9.64 Å². The van der Waals surface area contributed by atoms with Crippen molar-refractivity contribution >= 4 is 17.2 Å². The number of nitrogens with zero attached hydrogens (tertiary/aromatic N) is 1. The Kier molecular flexibility index (Phi) is 4.31. The molecule has 126 valence electrons. The topological polar surface area (TPSA) is 29.5 Å². The van der Waals surface area contributed by atoms with Crippen molar-refractivity contribution in [3.05, 3.63) is 51.2 Å². The van der Waals surface area contributed by atoms with Crippen LogP contribution in [0, 0.1) is 0 Å². The van der Waals surface area contributed by atoms with Gasteiger partial charge in [-0.15, -0.1) is 11.3 Å². The van der Waals surface area contributed by atoms with Gasteiger partial charge in [-0.25, -0.2) is 0 Å². The van der Waals surface area contributed by atoms with Crippen molar-refractivity contribution in [1.29, 1.82) is 0 Å². The van der Waals surface area contributed by atoms with E-state index in [0.29, 0.717) is 5.92 Å². The van der Waals surface area contributed by atoms with Gasteiger partial charge in [0, 0.05) is 23.9 Å². The lowest BCUT2D eigenvalue weighted by molar-refractivity contribution is 0.0795. The zero-order chi connectivity index (χ0) is 16.5. The fourth-order valence-corrected chi connectivity index (χ4v) is 5.07. The number of ether oxygens (including phenoxy) is 1. The summed E-state index contributed by atoms with van der Waals surface area (Å²) >= 11 is 1.72. The van der Waals surface area contributed by atoms with Crippen LogP contribution in [-0.4, -0.2) is 31.0 Å². The maximum Gasteiger partial charge on any atom is 0.263 e. The number of rotatable bonds is 3. The molecule has 4 heteroatoms. The summed E-state index contributed by atoms with van der Waals surface area (Å²) in [7, 11) is 1.69. The third-order valence-corrected chi connectivity index (χ3v) is 6.50. The van der Waals surface area contributed by atoms with Gasteiger partial charge in [-0.2, -0.15) is 0 Å². The summed E-state index contributed by atoms with van der Waals surface area (Å²) in [6, 6.07) is 10.4.